The predicted octanol–water partition coefficient (Wildman–Crippen LogP) is 2.03. The van der Waals surface area contributed by atoms with Gasteiger partial charge in [0, 0.05) is 50.1 Å². The number of likely N-dealkylation sites (N-methyl/N-ethyl adjacent to an activating group) is 1. The van der Waals surface area contributed by atoms with Gasteiger partial charge in [-0.3, -0.25) is 9.59 Å². The van der Waals surface area contributed by atoms with Crippen molar-refractivity contribution in [3.8, 4) is 0 Å². The highest BCUT2D eigenvalue weighted by atomic mass is 16.2. The van der Waals surface area contributed by atoms with E-state index < -0.39 is 11.7 Å². The molecule has 1 aliphatic rings. The lowest BCUT2D eigenvalue weighted by molar-refractivity contribution is -0.127. The molecule has 0 bridgehead atoms. The van der Waals surface area contributed by atoms with Gasteiger partial charge in [0.2, 0.25) is 5.78 Å². The minimum absolute atomic E-state index is 0.174. The molecule has 2 aromatic rings. The molecule has 1 aromatic carbocycles. The molecular weight excluding hydrogens is 328 g/mol. The fourth-order valence-electron chi connectivity index (χ4n) is 3.41. The first-order valence-electron chi connectivity index (χ1n) is 9.10. The van der Waals surface area contributed by atoms with Gasteiger partial charge in [0.05, 0.1) is 0 Å². The summed E-state index contributed by atoms with van der Waals surface area (Å²) in [5, 5.41) is 0. The third kappa shape index (κ3) is 4.19. The normalized spacial score (nSPS) is 17.5. The molecule has 1 atom stereocenters. The smallest absolute Gasteiger partial charge is 0.294 e. The Morgan fingerprint density at radius 2 is 2.00 bits per heavy atom. The number of piperidine rings is 1. The lowest BCUT2D eigenvalue weighted by atomic mass is 9.96. The van der Waals surface area contributed by atoms with E-state index in [4.69, 9.17) is 0 Å². The summed E-state index contributed by atoms with van der Waals surface area (Å²) in [6, 6.07) is 8.78. The van der Waals surface area contributed by atoms with Crippen LogP contribution in [0.15, 0.2) is 42.7 Å². The van der Waals surface area contributed by atoms with Crippen LogP contribution in [0.5, 0.6) is 0 Å². The van der Waals surface area contributed by atoms with Crippen LogP contribution in [0.3, 0.4) is 0 Å². The summed E-state index contributed by atoms with van der Waals surface area (Å²) >= 11 is 0. The van der Waals surface area contributed by atoms with Crippen molar-refractivity contribution < 1.29 is 9.59 Å². The Balaban J connectivity index is 1.69. The SMILES string of the molecule is CN(C)CCn1ccnc1C1CCCN(C(=O)C(=O)c2ccccc2)C1. The van der Waals surface area contributed by atoms with Gasteiger partial charge in [0.15, 0.2) is 0 Å². The van der Waals surface area contributed by atoms with E-state index in [0.29, 0.717) is 18.7 Å². The predicted molar refractivity (Wildman–Crippen MR) is 100 cm³/mol. The van der Waals surface area contributed by atoms with Crippen molar-refractivity contribution in [1.29, 1.82) is 0 Å². The van der Waals surface area contributed by atoms with Crippen LogP contribution in [0.4, 0.5) is 0 Å². The van der Waals surface area contributed by atoms with Gasteiger partial charge in [-0.2, -0.15) is 0 Å². The molecule has 1 fully saturated rings. The number of aromatic nitrogens is 2. The second kappa shape index (κ2) is 8.27. The van der Waals surface area contributed by atoms with E-state index in [1.165, 1.54) is 0 Å². The topological polar surface area (TPSA) is 58.4 Å². The molecule has 2 heterocycles. The summed E-state index contributed by atoms with van der Waals surface area (Å²) in [6.07, 6.45) is 5.69. The van der Waals surface area contributed by atoms with E-state index in [9.17, 15) is 9.59 Å². The minimum atomic E-state index is -0.429. The molecule has 0 aliphatic carbocycles. The molecular formula is C20H26N4O2. The van der Waals surface area contributed by atoms with E-state index in [1.807, 2.05) is 32.6 Å². The van der Waals surface area contributed by atoms with Crippen molar-refractivity contribution in [2.45, 2.75) is 25.3 Å². The van der Waals surface area contributed by atoms with Crippen molar-refractivity contribution in [3.63, 3.8) is 0 Å². The Morgan fingerprint density at radius 3 is 2.73 bits per heavy atom. The third-order valence-electron chi connectivity index (χ3n) is 4.84. The van der Waals surface area contributed by atoms with Gasteiger partial charge in [-0.15, -0.1) is 0 Å². The van der Waals surface area contributed by atoms with E-state index in [-0.39, 0.29) is 5.92 Å². The Bertz CT molecular complexity index is 754. The van der Waals surface area contributed by atoms with E-state index in [2.05, 4.69) is 14.5 Å². The average Bonchev–Trinajstić information content (AvgIpc) is 3.14. The van der Waals surface area contributed by atoms with Crippen molar-refractivity contribution in [2.24, 2.45) is 0 Å². The third-order valence-corrected chi connectivity index (χ3v) is 4.84. The highest BCUT2D eigenvalue weighted by Crippen LogP contribution is 2.26. The molecule has 0 N–H and O–H groups in total. The molecule has 1 unspecified atom stereocenters. The summed E-state index contributed by atoms with van der Waals surface area (Å²) < 4.78 is 2.16. The quantitative estimate of drug-likeness (QED) is 0.588. The Hall–Kier alpha value is -2.47. The van der Waals surface area contributed by atoms with Crippen LogP contribution in [0.25, 0.3) is 0 Å². The highest BCUT2D eigenvalue weighted by molar-refractivity contribution is 6.42. The molecule has 1 saturated heterocycles. The second-order valence-corrected chi connectivity index (χ2v) is 7.07. The zero-order chi connectivity index (χ0) is 18.5. The van der Waals surface area contributed by atoms with Crippen LogP contribution in [0.2, 0.25) is 0 Å². The summed E-state index contributed by atoms with van der Waals surface area (Å²) in [5.41, 5.74) is 0.451. The van der Waals surface area contributed by atoms with Crippen molar-refractivity contribution in [1.82, 2.24) is 19.4 Å². The summed E-state index contributed by atoms with van der Waals surface area (Å²) in [7, 11) is 4.10. The molecule has 1 aliphatic heterocycles. The molecule has 3 rings (SSSR count). The van der Waals surface area contributed by atoms with Crippen LogP contribution in [0.1, 0.15) is 34.9 Å². The van der Waals surface area contributed by atoms with Gasteiger partial charge >= 0.3 is 0 Å². The maximum Gasteiger partial charge on any atom is 0.294 e. The largest absolute Gasteiger partial charge is 0.335 e. The second-order valence-electron chi connectivity index (χ2n) is 7.07. The van der Waals surface area contributed by atoms with Crippen LogP contribution < -0.4 is 0 Å². The number of nitrogens with zero attached hydrogens (tertiary/aromatic N) is 4. The lowest BCUT2D eigenvalue weighted by Crippen LogP contribution is -2.43. The first-order chi connectivity index (χ1) is 12.6. The van der Waals surface area contributed by atoms with Crippen LogP contribution in [-0.4, -0.2) is 64.8 Å². The zero-order valence-corrected chi connectivity index (χ0v) is 15.5. The molecule has 26 heavy (non-hydrogen) atoms. The van der Waals surface area contributed by atoms with Gasteiger partial charge in [0.1, 0.15) is 5.82 Å². The summed E-state index contributed by atoms with van der Waals surface area (Å²) in [4.78, 5) is 33.5. The number of amides is 1. The van der Waals surface area contributed by atoms with E-state index in [0.717, 1.165) is 31.8 Å². The number of ketones is 1. The molecule has 0 saturated carbocycles. The van der Waals surface area contributed by atoms with E-state index in [1.54, 1.807) is 29.2 Å². The first-order valence-corrected chi connectivity index (χ1v) is 9.10. The monoisotopic (exact) mass is 354 g/mol. The van der Waals surface area contributed by atoms with Crippen LogP contribution in [-0.2, 0) is 11.3 Å². The molecule has 1 aromatic heterocycles. The highest BCUT2D eigenvalue weighted by Gasteiger charge is 2.30. The first kappa shape index (κ1) is 18.3. The van der Waals surface area contributed by atoms with E-state index >= 15 is 0 Å². The molecule has 0 spiro atoms. The van der Waals surface area contributed by atoms with Crippen LogP contribution in [0, 0.1) is 0 Å². The fraction of sp³-hybridized carbons (Fsp3) is 0.450. The van der Waals surface area contributed by atoms with Crippen LogP contribution >= 0.6 is 0 Å². The lowest BCUT2D eigenvalue weighted by Gasteiger charge is -2.32. The Labute approximate surface area is 154 Å². The van der Waals surface area contributed by atoms with Gasteiger partial charge in [-0.1, -0.05) is 30.3 Å². The molecule has 138 valence electrons. The van der Waals surface area contributed by atoms with Crippen molar-refractivity contribution in [2.75, 3.05) is 33.7 Å². The molecule has 1 amide bonds. The number of carbonyl (C=O) groups is 2. The number of carbonyl (C=O) groups excluding carboxylic acids is 2. The number of benzene rings is 1. The number of likely N-dealkylation sites (tertiary alicyclic amines) is 1. The number of Topliss-reactive ketones (excluding diaryl/α,β-unsaturated/α-hetero) is 1. The van der Waals surface area contributed by atoms with Gasteiger partial charge < -0.3 is 14.4 Å². The number of hydrogen-bond donors (Lipinski definition) is 0. The van der Waals surface area contributed by atoms with Gasteiger partial charge in [-0.05, 0) is 26.9 Å². The number of hydrogen-bond acceptors (Lipinski definition) is 4. The van der Waals surface area contributed by atoms with Gasteiger partial charge in [-0.25, -0.2) is 4.98 Å². The number of imidazole rings is 1. The average molecular weight is 354 g/mol. The molecule has 0 radical (unpaired) electrons. The summed E-state index contributed by atoms with van der Waals surface area (Å²) in [5.74, 6) is 0.347. The zero-order valence-electron chi connectivity index (χ0n) is 15.5. The van der Waals surface area contributed by atoms with Crippen molar-refractivity contribution >= 4 is 11.7 Å². The standard InChI is InChI=1S/C20H26N4O2/c1-22(2)13-14-23-12-10-21-19(23)17-9-6-11-24(15-17)20(26)18(25)16-7-4-3-5-8-16/h3-5,7-8,10,12,17H,6,9,11,13-15H2,1-2H3. The molecule has 6 nitrogen and oxygen atoms in total. The number of rotatable bonds is 6. The maximum absolute atomic E-state index is 12.7. The fourth-order valence-corrected chi connectivity index (χ4v) is 3.41. The molecule has 6 heteroatoms. The van der Waals surface area contributed by atoms with Crippen molar-refractivity contribution in [3.05, 3.63) is 54.1 Å². The Kier molecular flexibility index (Phi) is 5.83. The summed E-state index contributed by atoms with van der Waals surface area (Å²) in [6.45, 7) is 2.99. The van der Waals surface area contributed by atoms with Gasteiger partial charge in [0.25, 0.3) is 5.91 Å². The maximum atomic E-state index is 12.7. The minimum Gasteiger partial charge on any atom is -0.335 e. The Morgan fingerprint density at radius 1 is 1.23 bits per heavy atom.